The molecule has 1 aromatic carbocycles. The Morgan fingerprint density at radius 3 is 1.21 bits per heavy atom. The van der Waals surface area contributed by atoms with Gasteiger partial charge in [-0.25, -0.2) is 0 Å². The van der Waals surface area contributed by atoms with Crippen LogP contribution in [0.2, 0.25) is 0 Å². The molecule has 16 heteroatoms. The Kier molecular flexibility index (Phi) is 55.7. The summed E-state index contributed by atoms with van der Waals surface area (Å²) in [6.07, 6.45) is 5.09. The maximum absolute atomic E-state index is 10.8. The van der Waals surface area contributed by atoms with Gasteiger partial charge in [0.2, 0.25) is 0 Å². The molecule has 0 spiro atoms. The summed E-state index contributed by atoms with van der Waals surface area (Å²) in [7, 11) is 0. The molecule has 0 atom stereocenters. The minimum absolute atomic E-state index is 0. The third-order valence-electron chi connectivity index (χ3n) is 4.27. The maximum Gasteiger partial charge on any atom is 0.308 e. The number of pyridine rings is 3. The molecule has 4 aromatic rings. The van der Waals surface area contributed by atoms with Gasteiger partial charge in [0, 0.05) is 65.5 Å². The first-order valence-corrected chi connectivity index (χ1v) is 19.9. The number of carbonyl (C=O) groups is 5. The first kappa shape index (κ1) is 67.0. The number of hydrogen-bond acceptors (Lipinski definition) is 12. The molecule has 0 unspecified atom stereocenters. The fourth-order valence-electron chi connectivity index (χ4n) is 2.48. The van der Waals surface area contributed by atoms with E-state index < -0.39 is 44.5 Å². The third kappa shape index (κ3) is 51.2. The van der Waals surface area contributed by atoms with Crippen molar-refractivity contribution >= 4 is 50.5 Å². The van der Waals surface area contributed by atoms with Crippen LogP contribution >= 0.6 is 20.6 Å². The number of esters is 1. The number of halogens is 1. The molecule has 14 nitrogen and oxygen atoms in total. The number of aromatic hydroxyl groups is 1. The van der Waals surface area contributed by atoms with E-state index >= 15 is 0 Å². The third-order valence-corrected chi connectivity index (χ3v) is 8.05. The van der Waals surface area contributed by atoms with Crippen LogP contribution in [0.4, 0.5) is 0 Å². The Morgan fingerprint density at radius 1 is 0.544 bits per heavy atom. The molecule has 0 amide bonds. The summed E-state index contributed by atoms with van der Waals surface area (Å²) < 4.78 is 15.7. The number of ether oxygens (including phenoxy) is 1. The molecular formula is C41H64IN3O11Pd. The molecule has 326 valence electrons. The number of carbonyl (C=O) groups excluding carboxylic acids is 3. The van der Waals surface area contributed by atoms with Crippen molar-refractivity contribution in [2.45, 2.75) is 104 Å². The number of hydrogen-bond donors (Lipinski definition) is 3. The Labute approximate surface area is 362 Å². The molecule has 0 aliphatic heterocycles. The van der Waals surface area contributed by atoms with Crippen LogP contribution in [0.1, 0.15) is 101 Å². The summed E-state index contributed by atoms with van der Waals surface area (Å²) in [4.78, 5) is 61.9. The van der Waals surface area contributed by atoms with Crippen LogP contribution in [0.3, 0.4) is 0 Å². The van der Waals surface area contributed by atoms with Crippen molar-refractivity contribution in [3.8, 4) is 11.5 Å². The first-order chi connectivity index (χ1) is 26.0. The first-order valence-electron chi connectivity index (χ1n) is 17.1. The van der Waals surface area contributed by atoms with Gasteiger partial charge in [0.1, 0.15) is 5.75 Å². The Bertz CT molecular complexity index is 1510. The van der Waals surface area contributed by atoms with Crippen molar-refractivity contribution in [3.63, 3.8) is 0 Å². The second kappa shape index (κ2) is 47.4. The molecule has 3 heterocycles. The predicted molar refractivity (Wildman–Crippen MR) is 230 cm³/mol. The number of aryl methyl sites for hydroxylation is 3. The topological polar surface area (TPSA) is 212 Å². The SMILES string of the molecule is C.CC.CC.CC.CC(=O)O.CC(=O)O.CC(=O)OI(OC(C)=O)c1ccccc1.CC(=O)Oc1cccnc1C.Cc1ccccn1.Cc1ncccc1O.[Pd]. The summed E-state index contributed by atoms with van der Waals surface area (Å²) in [6, 6.07) is 21.7. The molecule has 3 N–H and O–H groups in total. The number of carboxylic acid groups (broad SMARTS) is 2. The average molecular weight is 1010 g/mol. The molecule has 0 bridgehead atoms. The van der Waals surface area contributed by atoms with Gasteiger partial charge >= 0.3 is 102 Å². The second-order valence-corrected chi connectivity index (χ2v) is 12.3. The minimum atomic E-state index is -2.59. The van der Waals surface area contributed by atoms with Gasteiger partial charge < -0.3 is 20.1 Å². The van der Waals surface area contributed by atoms with E-state index in [1.54, 1.807) is 68.8 Å². The van der Waals surface area contributed by atoms with Crippen molar-refractivity contribution in [2.75, 3.05) is 0 Å². The molecular weight excluding hydrogens is 944 g/mol. The summed E-state index contributed by atoms with van der Waals surface area (Å²) >= 11 is -2.59. The van der Waals surface area contributed by atoms with Crippen LogP contribution in [0.25, 0.3) is 0 Å². The molecule has 0 fully saturated rings. The Morgan fingerprint density at radius 2 is 0.930 bits per heavy atom. The van der Waals surface area contributed by atoms with Gasteiger partial charge in [-0.3, -0.25) is 29.3 Å². The molecule has 0 aliphatic carbocycles. The van der Waals surface area contributed by atoms with Crippen LogP contribution in [-0.4, -0.2) is 60.1 Å². The fourth-order valence-corrected chi connectivity index (χ4v) is 5.20. The van der Waals surface area contributed by atoms with Crippen LogP contribution < -0.4 is 4.74 Å². The van der Waals surface area contributed by atoms with Crippen LogP contribution in [-0.2, 0) is 50.5 Å². The fraction of sp³-hybridized carbons (Fsp3) is 0.366. The molecule has 4 rings (SSSR count). The molecule has 0 saturated heterocycles. The van der Waals surface area contributed by atoms with E-state index in [1.807, 2.05) is 84.9 Å². The number of benzene rings is 1. The summed E-state index contributed by atoms with van der Waals surface area (Å²) in [5.41, 5.74) is 2.47. The standard InChI is InChI=1S/C10H11IO4.C8H9NO2.C6H7NO.C6H7N.2C2H4O2.3C2H6.CH4.Pd/c1-8(12)14-11(15-9(2)13)10-6-4-3-5-7-10;1-6-8(11-7(2)10)4-3-5-9-6;1-5-6(8)3-2-4-7-5;1-6-4-2-3-5-7-6;2*1-2(3)4;3*1-2;;/h3-7H,1-2H3;3-5H,1-2H3;2-4,8H,1H3;2-5H,1H3;2*1H3,(H,3,4);3*1-2H3;1H4;. The molecule has 3 aromatic heterocycles. The van der Waals surface area contributed by atoms with Crippen molar-refractivity contribution in [1.82, 2.24) is 15.0 Å². The maximum atomic E-state index is 10.8. The van der Waals surface area contributed by atoms with E-state index in [2.05, 4.69) is 15.0 Å². The van der Waals surface area contributed by atoms with E-state index in [9.17, 15) is 14.4 Å². The Hall–Kier alpha value is -4.79. The van der Waals surface area contributed by atoms with Gasteiger partial charge in [-0.1, -0.05) is 55.0 Å². The van der Waals surface area contributed by atoms with Gasteiger partial charge in [0.05, 0.1) is 11.4 Å². The van der Waals surface area contributed by atoms with Crippen LogP contribution in [0.15, 0.2) is 91.4 Å². The number of aromatic nitrogens is 3. The smallest absolute Gasteiger partial charge is 0.308 e. The van der Waals surface area contributed by atoms with Crippen molar-refractivity contribution in [3.05, 3.63) is 112 Å². The average Bonchev–Trinajstić information content (AvgIpc) is 3.13. The van der Waals surface area contributed by atoms with Crippen molar-refractivity contribution in [2.24, 2.45) is 0 Å². The normalized spacial score (nSPS) is 8.07. The van der Waals surface area contributed by atoms with Gasteiger partial charge in [0.25, 0.3) is 11.9 Å². The minimum Gasteiger partial charge on any atom is -0.506 e. The quantitative estimate of drug-likeness (QED) is 0.0987. The van der Waals surface area contributed by atoms with E-state index in [0.717, 1.165) is 28.8 Å². The molecule has 57 heavy (non-hydrogen) atoms. The van der Waals surface area contributed by atoms with Gasteiger partial charge in [-0.15, -0.1) is 0 Å². The van der Waals surface area contributed by atoms with Crippen LogP contribution in [0.5, 0.6) is 11.5 Å². The number of nitrogens with zero attached hydrogens (tertiary/aromatic N) is 3. The van der Waals surface area contributed by atoms with E-state index in [1.165, 1.54) is 20.8 Å². The van der Waals surface area contributed by atoms with Crippen LogP contribution in [0, 0.1) is 24.3 Å². The molecule has 0 radical (unpaired) electrons. The second-order valence-electron chi connectivity index (χ2n) is 8.95. The Balaban J connectivity index is -0.000000107. The summed E-state index contributed by atoms with van der Waals surface area (Å²) in [5, 5.41) is 23.7. The van der Waals surface area contributed by atoms with E-state index in [0.29, 0.717) is 11.4 Å². The number of aliphatic carboxylic acids is 2. The van der Waals surface area contributed by atoms with Gasteiger partial charge in [0.15, 0.2) is 5.75 Å². The summed E-state index contributed by atoms with van der Waals surface area (Å²) in [6.45, 7) is 23.7. The molecule has 0 aliphatic rings. The zero-order valence-corrected chi connectivity index (χ0v) is 38.5. The van der Waals surface area contributed by atoms with Gasteiger partial charge in [-0.2, -0.15) is 0 Å². The molecule has 0 saturated carbocycles. The largest absolute Gasteiger partial charge is 0.506 e. The zero-order valence-electron chi connectivity index (χ0n) is 34.8. The number of rotatable bonds is 4. The number of carboxylic acids is 2. The van der Waals surface area contributed by atoms with Crippen molar-refractivity contribution < 1.29 is 70.6 Å². The zero-order chi connectivity index (χ0) is 43.8. The predicted octanol–water partition coefficient (Wildman–Crippen LogP) is 10.0. The van der Waals surface area contributed by atoms with E-state index in [-0.39, 0.29) is 39.6 Å². The summed E-state index contributed by atoms with van der Waals surface area (Å²) in [5.74, 6) is -2.05. The van der Waals surface area contributed by atoms with E-state index in [4.69, 9.17) is 35.8 Å². The van der Waals surface area contributed by atoms with Gasteiger partial charge in [-0.05, 0) is 57.2 Å². The monoisotopic (exact) mass is 1010 g/mol. The van der Waals surface area contributed by atoms with Crippen molar-refractivity contribution in [1.29, 1.82) is 0 Å².